The predicted molar refractivity (Wildman–Crippen MR) is 52.2 cm³/mol. The number of aryl methyl sites for hydroxylation is 1. The third-order valence-electron chi connectivity index (χ3n) is 1.53. The maximum Gasteiger partial charge on any atom is 0.141 e. The summed E-state index contributed by atoms with van der Waals surface area (Å²) in [6, 6.07) is 8.14. The zero-order chi connectivity index (χ0) is 8.27. The summed E-state index contributed by atoms with van der Waals surface area (Å²) in [5.41, 5.74) is 4.94. The fourth-order valence-electron chi connectivity index (χ4n) is 0.889. The summed E-state index contributed by atoms with van der Waals surface area (Å²) in [6.45, 7) is 2.06. The molecule has 0 fully saturated rings. The van der Waals surface area contributed by atoms with Gasteiger partial charge in [0.15, 0.2) is 0 Å². The number of anilines is 1. The molecule has 11 heavy (non-hydrogen) atoms. The highest BCUT2D eigenvalue weighted by molar-refractivity contribution is 7.79. The van der Waals surface area contributed by atoms with Crippen molar-refractivity contribution in [1.82, 2.24) is 0 Å². The van der Waals surface area contributed by atoms with Gasteiger partial charge in [0.1, 0.15) is 5.49 Å². The van der Waals surface area contributed by atoms with Crippen molar-refractivity contribution in [2.45, 2.75) is 6.92 Å². The lowest BCUT2D eigenvalue weighted by atomic mass is 10.2. The van der Waals surface area contributed by atoms with Crippen molar-refractivity contribution >= 4 is 23.4 Å². The first-order chi connectivity index (χ1) is 5.24. The van der Waals surface area contributed by atoms with Crippen LogP contribution < -0.4 is 4.90 Å². The lowest BCUT2D eigenvalue weighted by molar-refractivity contribution is 1.30. The zero-order valence-corrected chi connectivity index (χ0v) is 7.48. The van der Waals surface area contributed by atoms with Gasteiger partial charge in [-0.15, -0.1) is 0 Å². The molecule has 2 heteroatoms. The molecule has 0 aliphatic rings. The van der Waals surface area contributed by atoms with Gasteiger partial charge in [-0.3, -0.25) is 0 Å². The molecule has 0 aromatic heterocycles. The molecule has 1 radical (unpaired) electrons. The van der Waals surface area contributed by atoms with E-state index in [4.69, 9.17) is 0 Å². The van der Waals surface area contributed by atoms with Crippen LogP contribution in [0.2, 0.25) is 0 Å². The van der Waals surface area contributed by atoms with Gasteiger partial charge in [0.25, 0.3) is 0 Å². The molecule has 0 atom stereocenters. The van der Waals surface area contributed by atoms with Crippen LogP contribution in [0.25, 0.3) is 0 Å². The van der Waals surface area contributed by atoms with E-state index in [-0.39, 0.29) is 0 Å². The lowest BCUT2D eigenvalue weighted by Gasteiger charge is -2.11. The Balaban J connectivity index is 2.95. The molecular weight excluding hydrogens is 154 g/mol. The van der Waals surface area contributed by atoms with Gasteiger partial charge in [-0.05, 0) is 24.6 Å². The fraction of sp³-hybridized carbons (Fsp3) is 0.222. The van der Waals surface area contributed by atoms with Crippen LogP contribution in [0.15, 0.2) is 24.3 Å². The molecule has 0 amide bonds. The molecule has 0 spiro atoms. The molecule has 1 rings (SSSR count). The Labute approximate surface area is 72.6 Å². The standard InChI is InChI=1S/C9H10NS/c1-8-4-3-5-9(6-8)10(2)7-11/h3-6H,1-2H3. The monoisotopic (exact) mass is 164 g/mol. The van der Waals surface area contributed by atoms with E-state index in [9.17, 15) is 0 Å². The summed E-state index contributed by atoms with van der Waals surface area (Å²) in [6.07, 6.45) is 0. The topological polar surface area (TPSA) is 3.24 Å². The number of benzene rings is 1. The van der Waals surface area contributed by atoms with E-state index in [1.54, 1.807) is 4.90 Å². The van der Waals surface area contributed by atoms with Gasteiger partial charge in [0.2, 0.25) is 0 Å². The third kappa shape index (κ3) is 2.02. The molecule has 0 N–H and O–H groups in total. The van der Waals surface area contributed by atoms with Crippen molar-refractivity contribution in [3.8, 4) is 0 Å². The molecule has 0 heterocycles. The Morgan fingerprint density at radius 1 is 1.45 bits per heavy atom. The van der Waals surface area contributed by atoms with Gasteiger partial charge < -0.3 is 4.90 Å². The molecule has 0 aliphatic carbocycles. The van der Waals surface area contributed by atoms with Crippen LogP contribution in [0.3, 0.4) is 0 Å². The van der Waals surface area contributed by atoms with E-state index >= 15 is 0 Å². The smallest absolute Gasteiger partial charge is 0.141 e. The van der Waals surface area contributed by atoms with Crippen molar-refractivity contribution in [2.24, 2.45) is 0 Å². The summed E-state index contributed by atoms with van der Waals surface area (Å²) in [4.78, 5) is 1.79. The molecule has 0 unspecified atom stereocenters. The van der Waals surface area contributed by atoms with Crippen LogP contribution in [0.4, 0.5) is 5.69 Å². The molecule has 57 valence electrons. The predicted octanol–water partition coefficient (Wildman–Crippen LogP) is 2.27. The first-order valence-corrected chi connectivity index (χ1v) is 3.83. The Bertz CT molecular complexity index is 257. The van der Waals surface area contributed by atoms with Crippen LogP contribution in [-0.4, -0.2) is 12.5 Å². The minimum absolute atomic E-state index is 1.08. The molecule has 0 saturated heterocycles. The third-order valence-corrected chi connectivity index (χ3v) is 1.80. The van der Waals surface area contributed by atoms with Crippen molar-refractivity contribution in [3.63, 3.8) is 0 Å². The molecule has 1 aromatic rings. The van der Waals surface area contributed by atoms with E-state index < -0.39 is 0 Å². The van der Waals surface area contributed by atoms with Crippen molar-refractivity contribution in [3.05, 3.63) is 29.8 Å². The summed E-state index contributed by atoms with van der Waals surface area (Å²) in [7, 11) is 1.89. The quantitative estimate of drug-likeness (QED) is 0.487. The molecule has 0 saturated carbocycles. The molecule has 1 aromatic carbocycles. The maximum absolute atomic E-state index is 4.68. The number of nitrogens with zero attached hydrogens (tertiary/aromatic N) is 1. The van der Waals surface area contributed by atoms with Gasteiger partial charge >= 0.3 is 0 Å². The normalized spacial score (nSPS) is 9.27. The van der Waals surface area contributed by atoms with Gasteiger partial charge in [-0.2, -0.15) is 0 Å². The van der Waals surface area contributed by atoms with Crippen LogP contribution >= 0.6 is 12.2 Å². The van der Waals surface area contributed by atoms with Crippen LogP contribution in [-0.2, 0) is 0 Å². The van der Waals surface area contributed by atoms with Gasteiger partial charge in [-0.25, -0.2) is 0 Å². The molecule has 0 bridgehead atoms. The maximum atomic E-state index is 4.68. The van der Waals surface area contributed by atoms with Gasteiger partial charge in [0, 0.05) is 12.7 Å². The number of hydrogen-bond donors (Lipinski definition) is 0. The van der Waals surface area contributed by atoms with Crippen molar-refractivity contribution in [1.29, 1.82) is 0 Å². The highest BCUT2D eigenvalue weighted by Crippen LogP contribution is 2.12. The minimum Gasteiger partial charge on any atom is -0.333 e. The summed E-state index contributed by atoms with van der Waals surface area (Å²) in [5, 5.41) is 0. The van der Waals surface area contributed by atoms with Gasteiger partial charge in [0.05, 0.1) is 0 Å². The minimum atomic E-state index is 1.08. The Morgan fingerprint density at radius 2 is 2.18 bits per heavy atom. The van der Waals surface area contributed by atoms with Crippen molar-refractivity contribution < 1.29 is 0 Å². The summed E-state index contributed by atoms with van der Waals surface area (Å²) >= 11 is 4.68. The second-order valence-electron chi connectivity index (χ2n) is 2.49. The first kappa shape index (κ1) is 8.21. The van der Waals surface area contributed by atoms with E-state index in [0.29, 0.717) is 0 Å². The zero-order valence-electron chi connectivity index (χ0n) is 6.66. The number of hydrogen-bond acceptors (Lipinski definition) is 1. The molecule has 1 nitrogen and oxygen atoms in total. The average molecular weight is 164 g/mol. The average Bonchev–Trinajstić information content (AvgIpc) is 2.03. The fourth-order valence-corrected chi connectivity index (χ4v) is 0.995. The van der Waals surface area contributed by atoms with E-state index in [2.05, 4.69) is 36.8 Å². The summed E-state index contributed by atoms with van der Waals surface area (Å²) in [5.74, 6) is 0. The lowest BCUT2D eigenvalue weighted by Crippen LogP contribution is -2.12. The van der Waals surface area contributed by atoms with E-state index in [1.165, 1.54) is 5.56 Å². The second-order valence-corrected chi connectivity index (χ2v) is 2.67. The largest absolute Gasteiger partial charge is 0.333 e. The molecule has 0 aliphatic heterocycles. The SMILES string of the molecule is Cc1cccc(N(C)[C]=S)c1. The van der Waals surface area contributed by atoms with Crippen LogP contribution in [0.1, 0.15) is 5.56 Å². The van der Waals surface area contributed by atoms with Crippen LogP contribution in [0.5, 0.6) is 0 Å². The highest BCUT2D eigenvalue weighted by Gasteiger charge is 1.95. The van der Waals surface area contributed by atoms with E-state index in [0.717, 1.165) is 5.69 Å². The number of thiocarbonyl (C=S) groups is 1. The molecular formula is C9H10NS. The summed E-state index contributed by atoms with van der Waals surface area (Å²) < 4.78 is 0. The Hall–Kier alpha value is -0.890. The van der Waals surface area contributed by atoms with Crippen LogP contribution in [0, 0.1) is 6.92 Å². The van der Waals surface area contributed by atoms with Crippen molar-refractivity contribution in [2.75, 3.05) is 11.9 Å². The Kier molecular flexibility index (Phi) is 2.60. The Morgan fingerprint density at radius 3 is 2.73 bits per heavy atom. The number of rotatable bonds is 2. The highest BCUT2D eigenvalue weighted by atomic mass is 32.1. The van der Waals surface area contributed by atoms with Gasteiger partial charge in [-0.1, -0.05) is 24.4 Å². The first-order valence-electron chi connectivity index (χ1n) is 3.42. The second kappa shape index (κ2) is 3.49. The van der Waals surface area contributed by atoms with E-state index in [1.807, 2.05) is 19.2 Å².